The molecule has 0 aliphatic carbocycles. The van der Waals surface area contributed by atoms with Crippen molar-refractivity contribution in [2.24, 2.45) is 0 Å². The SMILES string of the molecule is COc1ccccc1/C(O)=C1\C(=O)C(=O)N(c2cc(C)ccc2O)C1c1ccc(O)cc1. The summed E-state index contributed by atoms with van der Waals surface area (Å²) in [4.78, 5) is 27.5. The topological polar surface area (TPSA) is 107 Å². The Morgan fingerprint density at radius 1 is 0.969 bits per heavy atom. The number of benzene rings is 3. The third kappa shape index (κ3) is 3.43. The molecule has 0 radical (unpaired) electrons. The minimum atomic E-state index is -1.03. The summed E-state index contributed by atoms with van der Waals surface area (Å²) in [5.74, 6) is -2.02. The van der Waals surface area contributed by atoms with Gasteiger partial charge < -0.3 is 20.1 Å². The highest BCUT2D eigenvalue weighted by molar-refractivity contribution is 6.52. The van der Waals surface area contributed by atoms with Crippen molar-refractivity contribution in [2.45, 2.75) is 13.0 Å². The number of carbonyl (C=O) groups excluding carboxylic acids is 2. The van der Waals surface area contributed by atoms with Crippen molar-refractivity contribution >= 4 is 23.1 Å². The van der Waals surface area contributed by atoms with Gasteiger partial charge in [0.05, 0.1) is 30.0 Å². The van der Waals surface area contributed by atoms with E-state index in [0.717, 1.165) is 10.5 Å². The van der Waals surface area contributed by atoms with E-state index in [0.29, 0.717) is 11.3 Å². The quantitative estimate of drug-likeness (QED) is 0.327. The number of ether oxygens (including phenoxy) is 1. The summed E-state index contributed by atoms with van der Waals surface area (Å²) in [7, 11) is 1.44. The maximum Gasteiger partial charge on any atom is 0.300 e. The van der Waals surface area contributed by atoms with E-state index in [2.05, 4.69) is 0 Å². The molecule has 1 aliphatic heterocycles. The Bertz CT molecular complexity index is 1250. The van der Waals surface area contributed by atoms with Crippen molar-refractivity contribution in [3.63, 3.8) is 0 Å². The fourth-order valence-electron chi connectivity index (χ4n) is 3.86. The van der Waals surface area contributed by atoms with Gasteiger partial charge in [0.2, 0.25) is 0 Å². The molecule has 1 aliphatic rings. The molecular weight excluding hydrogens is 410 g/mol. The van der Waals surface area contributed by atoms with E-state index in [1.54, 1.807) is 55.5 Å². The number of ketones is 1. The second-order valence-electron chi connectivity index (χ2n) is 7.45. The molecule has 1 saturated heterocycles. The van der Waals surface area contributed by atoms with Crippen LogP contribution in [0.5, 0.6) is 17.2 Å². The van der Waals surface area contributed by atoms with Crippen LogP contribution in [-0.4, -0.2) is 34.1 Å². The van der Waals surface area contributed by atoms with Gasteiger partial charge in [0.1, 0.15) is 23.0 Å². The molecule has 3 aromatic carbocycles. The maximum atomic E-state index is 13.2. The number of anilines is 1. The van der Waals surface area contributed by atoms with Crippen molar-refractivity contribution < 1.29 is 29.6 Å². The number of aromatic hydroxyl groups is 2. The Morgan fingerprint density at radius 3 is 2.34 bits per heavy atom. The Hall–Kier alpha value is -4.26. The molecule has 4 rings (SSSR count). The van der Waals surface area contributed by atoms with Gasteiger partial charge in [0.25, 0.3) is 11.7 Å². The number of amides is 1. The van der Waals surface area contributed by atoms with Crippen LogP contribution in [0.25, 0.3) is 5.76 Å². The first kappa shape index (κ1) is 21.0. The number of para-hydroxylation sites is 1. The zero-order valence-electron chi connectivity index (χ0n) is 17.4. The molecule has 0 aromatic heterocycles. The smallest absolute Gasteiger partial charge is 0.300 e. The zero-order chi connectivity index (χ0) is 23.0. The van der Waals surface area contributed by atoms with Crippen LogP contribution in [0.15, 0.2) is 72.3 Å². The molecule has 1 heterocycles. The zero-order valence-corrected chi connectivity index (χ0v) is 17.4. The van der Waals surface area contributed by atoms with Crippen molar-refractivity contribution in [3.05, 3.63) is 89.0 Å². The van der Waals surface area contributed by atoms with E-state index < -0.39 is 23.5 Å². The van der Waals surface area contributed by atoms with Crippen LogP contribution >= 0.6 is 0 Å². The van der Waals surface area contributed by atoms with E-state index in [9.17, 15) is 24.9 Å². The van der Waals surface area contributed by atoms with Crippen LogP contribution in [0.4, 0.5) is 5.69 Å². The van der Waals surface area contributed by atoms with Crippen molar-refractivity contribution in [1.29, 1.82) is 0 Å². The summed E-state index contributed by atoms with van der Waals surface area (Å²) >= 11 is 0. The Morgan fingerprint density at radius 2 is 1.66 bits per heavy atom. The molecule has 0 saturated carbocycles. The van der Waals surface area contributed by atoms with Crippen LogP contribution in [0.2, 0.25) is 0 Å². The highest BCUT2D eigenvalue weighted by Crippen LogP contribution is 2.45. The van der Waals surface area contributed by atoms with Crippen LogP contribution in [0.3, 0.4) is 0 Å². The second kappa shape index (κ2) is 8.11. The van der Waals surface area contributed by atoms with Gasteiger partial charge >= 0.3 is 0 Å². The van der Waals surface area contributed by atoms with Crippen molar-refractivity contribution in [3.8, 4) is 17.2 Å². The summed E-state index contributed by atoms with van der Waals surface area (Å²) in [5.41, 5.74) is 1.49. The molecule has 162 valence electrons. The van der Waals surface area contributed by atoms with Gasteiger partial charge in [0.15, 0.2) is 0 Å². The van der Waals surface area contributed by atoms with Gasteiger partial charge in [0, 0.05) is 0 Å². The molecule has 0 bridgehead atoms. The molecule has 32 heavy (non-hydrogen) atoms. The lowest BCUT2D eigenvalue weighted by molar-refractivity contribution is -0.132. The third-order valence-corrected chi connectivity index (χ3v) is 5.41. The van der Waals surface area contributed by atoms with E-state index >= 15 is 0 Å². The number of methoxy groups -OCH3 is 1. The lowest BCUT2D eigenvalue weighted by atomic mass is 9.94. The van der Waals surface area contributed by atoms with Gasteiger partial charge in [-0.15, -0.1) is 0 Å². The molecule has 3 aromatic rings. The fraction of sp³-hybridized carbons (Fsp3) is 0.120. The van der Waals surface area contributed by atoms with E-state index in [4.69, 9.17) is 4.74 Å². The number of aliphatic hydroxyl groups is 1. The van der Waals surface area contributed by atoms with E-state index in [1.165, 1.54) is 25.3 Å². The minimum absolute atomic E-state index is 0.00818. The van der Waals surface area contributed by atoms with Crippen molar-refractivity contribution in [1.82, 2.24) is 0 Å². The number of hydrogen-bond donors (Lipinski definition) is 3. The van der Waals surface area contributed by atoms with E-state index in [1.807, 2.05) is 0 Å². The highest BCUT2D eigenvalue weighted by atomic mass is 16.5. The maximum absolute atomic E-state index is 13.2. The summed E-state index contributed by atoms with van der Waals surface area (Å²) in [6, 6.07) is 16.3. The average molecular weight is 431 g/mol. The van der Waals surface area contributed by atoms with Gasteiger partial charge in [-0.3, -0.25) is 14.5 Å². The Balaban J connectivity index is 2.00. The van der Waals surface area contributed by atoms with Gasteiger partial charge in [-0.25, -0.2) is 0 Å². The van der Waals surface area contributed by atoms with Crippen molar-refractivity contribution in [2.75, 3.05) is 12.0 Å². The van der Waals surface area contributed by atoms with Gasteiger partial charge in [-0.2, -0.15) is 0 Å². The molecule has 7 nitrogen and oxygen atoms in total. The van der Waals surface area contributed by atoms with Gasteiger partial charge in [-0.05, 0) is 54.4 Å². The number of phenols is 2. The Labute approximate surface area is 184 Å². The normalized spacial score (nSPS) is 17.6. The van der Waals surface area contributed by atoms with Crippen LogP contribution < -0.4 is 9.64 Å². The molecular formula is C25H21NO6. The van der Waals surface area contributed by atoms with Crippen LogP contribution in [0, 0.1) is 6.92 Å². The summed E-state index contributed by atoms with van der Waals surface area (Å²) in [5, 5.41) is 31.4. The first-order valence-corrected chi connectivity index (χ1v) is 9.86. The lowest BCUT2D eigenvalue weighted by Gasteiger charge is -2.26. The molecule has 1 atom stereocenters. The fourth-order valence-corrected chi connectivity index (χ4v) is 3.86. The molecule has 3 N–H and O–H groups in total. The predicted octanol–water partition coefficient (Wildman–Crippen LogP) is 4.04. The molecule has 1 unspecified atom stereocenters. The van der Waals surface area contributed by atoms with E-state index in [-0.39, 0.29) is 28.3 Å². The first-order valence-electron chi connectivity index (χ1n) is 9.86. The van der Waals surface area contributed by atoms with Crippen LogP contribution in [0.1, 0.15) is 22.7 Å². The second-order valence-corrected chi connectivity index (χ2v) is 7.45. The number of rotatable bonds is 4. The number of phenolic OH excluding ortho intramolecular Hbond substituents is 2. The standard InChI is InChI=1S/C25H21NO6/c1-14-7-12-19(28)18(13-14)26-22(15-8-10-16(27)11-9-15)21(24(30)25(26)31)23(29)17-5-3-4-6-20(17)32-2/h3-13,22,27-29H,1-2H3/b23-21+. The number of Topliss-reactive ketones (excluding diaryl/α,β-unsaturated/α-hetero) is 1. The summed E-state index contributed by atoms with van der Waals surface area (Å²) in [6.45, 7) is 1.80. The first-order chi connectivity index (χ1) is 15.3. The number of aliphatic hydroxyl groups excluding tert-OH is 1. The van der Waals surface area contributed by atoms with Gasteiger partial charge in [-0.1, -0.05) is 30.3 Å². The molecule has 7 heteroatoms. The molecule has 1 amide bonds. The highest BCUT2D eigenvalue weighted by Gasteiger charge is 2.48. The molecule has 0 spiro atoms. The van der Waals surface area contributed by atoms with Crippen LogP contribution in [-0.2, 0) is 9.59 Å². The average Bonchev–Trinajstić information content (AvgIpc) is 3.06. The number of carbonyl (C=O) groups is 2. The third-order valence-electron chi connectivity index (χ3n) is 5.41. The number of aryl methyl sites for hydroxylation is 1. The largest absolute Gasteiger partial charge is 0.508 e. The monoisotopic (exact) mass is 431 g/mol. The molecule has 1 fully saturated rings. The minimum Gasteiger partial charge on any atom is -0.508 e. The predicted molar refractivity (Wildman–Crippen MR) is 119 cm³/mol. The summed E-state index contributed by atoms with van der Waals surface area (Å²) in [6.07, 6.45) is 0. The lowest BCUT2D eigenvalue weighted by Crippen LogP contribution is -2.29. The number of nitrogens with zero attached hydrogens (tertiary/aromatic N) is 1. The Kier molecular flexibility index (Phi) is 5.32. The summed E-state index contributed by atoms with van der Waals surface area (Å²) < 4.78 is 5.31. The number of hydrogen-bond acceptors (Lipinski definition) is 6.